The first kappa shape index (κ1) is 14.6. The fourth-order valence-corrected chi connectivity index (χ4v) is 1.65. The summed E-state index contributed by atoms with van der Waals surface area (Å²) in [4.78, 5) is 11.8. The van der Waals surface area contributed by atoms with Gasteiger partial charge in [0.05, 0.1) is 12.5 Å². The number of rotatable bonds is 6. The number of carbonyl (C=O) groups is 1. The van der Waals surface area contributed by atoms with Crippen molar-refractivity contribution in [1.82, 2.24) is 5.32 Å². The summed E-state index contributed by atoms with van der Waals surface area (Å²) < 4.78 is 25.6. The Kier molecular flexibility index (Phi) is 5.22. The third-order valence-electron chi connectivity index (χ3n) is 2.68. The second-order valence-electron chi connectivity index (χ2n) is 4.10. The Labute approximate surface area is 105 Å². The molecule has 0 aliphatic rings. The molecule has 0 spiro atoms. The predicted molar refractivity (Wildman–Crippen MR) is 64.5 cm³/mol. The molecule has 100 valence electrons. The lowest BCUT2D eigenvalue weighted by atomic mass is 9.95. The zero-order valence-corrected chi connectivity index (χ0v) is 10.2. The molecule has 0 radical (unpaired) electrons. The third-order valence-corrected chi connectivity index (χ3v) is 2.68. The summed E-state index contributed by atoms with van der Waals surface area (Å²) in [6.07, 6.45) is 0.528. The molecule has 5 heteroatoms. The molecule has 1 aromatic carbocycles. The number of aliphatic hydroxyl groups excluding tert-OH is 1. The molecule has 0 bridgehead atoms. The quantitative estimate of drug-likeness (QED) is 0.818. The Balaban J connectivity index is 2.64. The first-order valence-corrected chi connectivity index (χ1v) is 5.81. The van der Waals surface area contributed by atoms with Gasteiger partial charge in [-0.1, -0.05) is 37.3 Å². The van der Waals surface area contributed by atoms with E-state index in [1.807, 2.05) is 13.0 Å². The van der Waals surface area contributed by atoms with Gasteiger partial charge in [-0.15, -0.1) is 0 Å². The molecule has 0 saturated heterocycles. The Bertz CT molecular complexity index is 382. The summed E-state index contributed by atoms with van der Waals surface area (Å²) in [5.74, 6) is -4.16. The first-order chi connectivity index (χ1) is 8.50. The van der Waals surface area contributed by atoms with E-state index < -0.39 is 30.9 Å². The summed E-state index contributed by atoms with van der Waals surface area (Å²) in [6.45, 7) is -0.289. The molecule has 1 rings (SSSR count). The van der Waals surface area contributed by atoms with Gasteiger partial charge >= 0.3 is 0 Å². The topological polar surface area (TPSA) is 49.3 Å². The van der Waals surface area contributed by atoms with E-state index in [2.05, 4.69) is 5.32 Å². The monoisotopic (exact) mass is 257 g/mol. The number of hydrogen-bond acceptors (Lipinski definition) is 2. The lowest BCUT2D eigenvalue weighted by Gasteiger charge is -2.18. The lowest BCUT2D eigenvalue weighted by Crippen LogP contribution is -2.40. The summed E-state index contributed by atoms with van der Waals surface area (Å²) in [5.41, 5.74) is 0.796. The van der Waals surface area contributed by atoms with Crippen LogP contribution in [0.25, 0.3) is 0 Å². The highest BCUT2D eigenvalue weighted by Gasteiger charge is 2.29. The zero-order valence-electron chi connectivity index (χ0n) is 10.2. The van der Waals surface area contributed by atoms with Crippen molar-refractivity contribution in [2.45, 2.75) is 25.2 Å². The standard InChI is InChI=1S/C13H17F2NO2/c1-2-11(10-6-4-3-5-7-10)12(18)16-8-13(14,15)9-17/h3-7,11,17H,2,8-9H2,1H3,(H,16,18). The molecular weight excluding hydrogens is 240 g/mol. The normalized spacial score (nSPS) is 13.1. The highest BCUT2D eigenvalue weighted by molar-refractivity contribution is 5.83. The number of benzene rings is 1. The van der Waals surface area contributed by atoms with Crippen LogP contribution in [0.15, 0.2) is 30.3 Å². The van der Waals surface area contributed by atoms with Gasteiger partial charge in [-0.05, 0) is 12.0 Å². The van der Waals surface area contributed by atoms with E-state index in [4.69, 9.17) is 5.11 Å². The van der Waals surface area contributed by atoms with Crippen molar-refractivity contribution >= 4 is 5.91 Å². The first-order valence-electron chi connectivity index (χ1n) is 5.81. The van der Waals surface area contributed by atoms with Crippen LogP contribution in [0.4, 0.5) is 8.78 Å². The van der Waals surface area contributed by atoms with Gasteiger partial charge in [-0.25, -0.2) is 8.78 Å². The maximum absolute atomic E-state index is 12.8. The number of carbonyl (C=O) groups excluding carboxylic acids is 1. The van der Waals surface area contributed by atoms with E-state index in [1.54, 1.807) is 24.3 Å². The SMILES string of the molecule is CCC(C(=O)NCC(F)(F)CO)c1ccccc1. The predicted octanol–water partition coefficient (Wildman–Crippen LogP) is 1.92. The number of alkyl halides is 2. The molecule has 1 atom stereocenters. The van der Waals surface area contributed by atoms with Crippen LogP contribution in [0.1, 0.15) is 24.8 Å². The zero-order chi connectivity index (χ0) is 13.6. The van der Waals surface area contributed by atoms with Crippen molar-refractivity contribution in [3.63, 3.8) is 0 Å². The number of halogens is 2. The summed E-state index contributed by atoms with van der Waals surface area (Å²) >= 11 is 0. The van der Waals surface area contributed by atoms with E-state index in [9.17, 15) is 13.6 Å². The van der Waals surface area contributed by atoms with Crippen LogP contribution in [0, 0.1) is 0 Å². The third kappa shape index (κ3) is 4.07. The maximum Gasteiger partial charge on any atom is 0.287 e. The molecule has 0 aliphatic carbocycles. The van der Waals surface area contributed by atoms with E-state index in [1.165, 1.54) is 0 Å². The van der Waals surface area contributed by atoms with Gasteiger partial charge in [0.1, 0.15) is 6.61 Å². The van der Waals surface area contributed by atoms with Crippen LogP contribution >= 0.6 is 0 Å². The maximum atomic E-state index is 12.8. The highest BCUT2D eigenvalue weighted by atomic mass is 19.3. The molecule has 1 aromatic rings. The second kappa shape index (κ2) is 6.44. The van der Waals surface area contributed by atoms with Crippen LogP contribution in [0.2, 0.25) is 0 Å². The molecule has 18 heavy (non-hydrogen) atoms. The summed E-state index contributed by atoms with van der Waals surface area (Å²) in [5, 5.41) is 10.6. The van der Waals surface area contributed by atoms with Crippen molar-refractivity contribution < 1.29 is 18.7 Å². The molecule has 0 aromatic heterocycles. The molecule has 1 amide bonds. The fourth-order valence-electron chi connectivity index (χ4n) is 1.65. The average Bonchev–Trinajstić information content (AvgIpc) is 2.39. The Hall–Kier alpha value is -1.49. The lowest BCUT2D eigenvalue weighted by molar-refractivity contribution is -0.125. The number of nitrogens with one attached hydrogen (secondary N) is 1. The van der Waals surface area contributed by atoms with Crippen LogP contribution < -0.4 is 5.32 Å². The van der Waals surface area contributed by atoms with Gasteiger partial charge in [-0.3, -0.25) is 4.79 Å². The van der Waals surface area contributed by atoms with E-state index >= 15 is 0 Å². The minimum Gasteiger partial charge on any atom is -0.390 e. The molecule has 0 aliphatic heterocycles. The largest absolute Gasteiger partial charge is 0.390 e. The van der Waals surface area contributed by atoms with Crippen LogP contribution in [0.3, 0.4) is 0 Å². The van der Waals surface area contributed by atoms with Gasteiger partial charge in [0, 0.05) is 0 Å². The summed E-state index contributed by atoms with van der Waals surface area (Å²) in [7, 11) is 0. The highest BCUT2D eigenvalue weighted by Crippen LogP contribution is 2.19. The van der Waals surface area contributed by atoms with Crippen molar-refractivity contribution in [1.29, 1.82) is 0 Å². The Morgan fingerprint density at radius 2 is 2.00 bits per heavy atom. The number of amides is 1. The fraction of sp³-hybridized carbons (Fsp3) is 0.462. The molecule has 0 saturated carbocycles. The van der Waals surface area contributed by atoms with Gasteiger partial charge < -0.3 is 10.4 Å². The van der Waals surface area contributed by atoms with Crippen molar-refractivity contribution in [3.8, 4) is 0 Å². The number of hydrogen-bond donors (Lipinski definition) is 2. The second-order valence-corrected chi connectivity index (χ2v) is 4.10. The van der Waals surface area contributed by atoms with E-state index in [0.717, 1.165) is 5.56 Å². The molecule has 2 N–H and O–H groups in total. The van der Waals surface area contributed by atoms with Gasteiger partial charge in [0.2, 0.25) is 5.91 Å². The average molecular weight is 257 g/mol. The summed E-state index contributed by atoms with van der Waals surface area (Å²) in [6, 6.07) is 9.01. The van der Waals surface area contributed by atoms with E-state index in [0.29, 0.717) is 6.42 Å². The van der Waals surface area contributed by atoms with Crippen LogP contribution in [-0.4, -0.2) is 30.1 Å². The van der Waals surface area contributed by atoms with Crippen LogP contribution in [-0.2, 0) is 4.79 Å². The van der Waals surface area contributed by atoms with Crippen molar-refractivity contribution in [3.05, 3.63) is 35.9 Å². The molecule has 0 heterocycles. The molecular formula is C13H17F2NO2. The van der Waals surface area contributed by atoms with Crippen LogP contribution in [0.5, 0.6) is 0 Å². The number of aliphatic hydroxyl groups is 1. The minimum absolute atomic E-state index is 0.444. The van der Waals surface area contributed by atoms with Crippen molar-refractivity contribution in [2.24, 2.45) is 0 Å². The molecule has 0 fully saturated rings. The minimum atomic E-state index is -3.27. The van der Waals surface area contributed by atoms with Crippen molar-refractivity contribution in [2.75, 3.05) is 13.2 Å². The van der Waals surface area contributed by atoms with Gasteiger partial charge in [0.25, 0.3) is 5.92 Å². The molecule has 1 unspecified atom stereocenters. The molecule has 3 nitrogen and oxygen atoms in total. The smallest absolute Gasteiger partial charge is 0.287 e. The van der Waals surface area contributed by atoms with Gasteiger partial charge in [-0.2, -0.15) is 0 Å². The Morgan fingerprint density at radius 3 is 2.50 bits per heavy atom. The van der Waals surface area contributed by atoms with Gasteiger partial charge in [0.15, 0.2) is 0 Å². The Morgan fingerprint density at radius 1 is 1.39 bits per heavy atom. The van der Waals surface area contributed by atoms with E-state index in [-0.39, 0.29) is 0 Å².